The molecule has 0 bridgehead atoms. The molecule has 5 rings (SSSR count). The smallest absolute Gasteiger partial charge is 0.323 e. The molecule has 0 saturated carbocycles. The molecule has 2 aromatic carbocycles. The van der Waals surface area contributed by atoms with Gasteiger partial charge in [0.2, 0.25) is 11.9 Å². The summed E-state index contributed by atoms with van der Waals surface area (Å²) in [6, 6.07) is 12.2. The summed E-state index contributed by atoms with van der Waals surface area (Å²) in [5, 5.41) is 5.64. The Bertz CT molecular complexity index is 1210. The number of methoxy groups -OCH3 is 2. The van der Waals surface area contributed by atoms with E-state index in [0.717, 1.165) is 31.7 Å². The molecule has 2 N–H and O–H groups in total. The van der Waals surface area contributed by atoms with Crippen LogP contribution >= 0.6 is 0 Å². The van der Waals surface area contributed by atoms with Crippen molar-refractivity contribution in [3.8, 4) is 22.9 Å². The van der Waals surface area contributed by atoms with Gasteiger partial charge in [0.1, 0.15) is 11.5 Å². The highest BCUT2D eigenvalue weighted by atomic mass is 16.5. The van der Waals surface area contributed by atoms with E-state index in [1.807, 2.05) is 24.3 Å². The molecule has 0 unspecified atom stereocenters. The third-order valence-corrected chi connectivity index (χ3v) is 6.26. The molecule has 2 amide bonds. The maximum absolute atomic E-state index is 12.6. The molecule has 2 aliphatic rings. The zero-order valence-electron chi connectivity index (χ0n) is 21.5. The molecule has 1 aromatic heterocycles. The second kappa shape index (κ2) is 11.9. The van der Waals surface area contributed by atoms with Crippen LogP contribution in [0.15, 0.2) is 42.5 Å². The average molecular weight is 522 g/mol. The standard InChI is InChI=1S/C26H31N7O5/c1-35-20-7-8-21(22(17-20)36-2)28-26(34)27-19-5-3-18(4-6-19)23-29-24(32-9-13-37-14-10-32)31-25(30-23)33-11-15-38-16-12-33/h3-8,17H,9-16H2,1-2H3,(H2,27,28,34). The van der Waals surface area contributed by atoms with Crippen molar-refractivity contribution in [3.63, 3.8) is 0 Å². The minimum atomic E-state index is -0.398. The Balaban J connectivity index is 1.32. The Morgan fingerprint density at radius 3 is 1.95 bits per heavy atom. The lowest BCUT2D eigenvalue weighted by Crippen LogP contribution is -2.40. The molecule has 3 heterocycles. The van der Waals surface area contributed by atoms with E-state index in [2.05, 4.69) is 20.4 Å². The van der Waals surface area contributed by atoms with Crippen LogP contribution in [0.1, 0.15) is 0 Å². The fourth-order valence-electron chi connectivity index (χ4n) is 4.18. The molecule has 0 atom stereocenters. The van der Waals surface area contributed by atoms with E-state index in [1.54, 1.807) is 25.3 Å². The summed E-state index contributed by atoms with van der Waals surface area (Å²) in [5.41, 5.74) is 1.97. The van der Waals surface area contributed by atoms with E-state index in [1.165, 1.54) is 7.11 Å². The molecule has 2 saturated heterocycles. The minimum Gasteiger partial charge on any atom is -0.497 e. The molecule has 3 aromatic rings. The Morgan fingerprint density at radius 1 is 0.789 bits per heavy atom. The normalized spacial score (nSPS) is 15.6. The lowest BCUT2D eigenvalue weighted by molar-refractivity contribution is 0.121. The SMILES string of the molecule is COc1ccc(NC(=O)Nc2ccc(-c3nc(N4CCOCC4)nc(N4CCOCC4)n3)cc2)c(OC)c1. The number of carbonyl (C=O) groups is 1. The Morgan fingerprint density at radius 2 is 1.39 bits per heavy atom. The van der Waals surface area contributed by atoms with Gasteiger partial charge in [-0.05, 0) is 36.4 Å². The lowest BCUT2D eigenvalue weighted by atomic mass is 10.2. The number of amides is 2. The Hall–Kier alpha value is -4.16. The molecule has 38 heavy (non-hydrogen) atoms. The number of hydrogen-bond donors (Lipinski definition) is 2. The number of benzene rings is 2. The van der Waals surface area contributed by atoms with Crippen LogP contribution in [0.2, 0.25) is 0 Å². The molecule has 2 aliphatic heterocycles. The van der Waals surface area contributed by atoms with Crippen LogP contribution in [0.4, 0.5) is 28.1 Å². The number of ether oxygens (including phenoxy) is 4. The minimum absolute atomic E-state index is 0.398. The van der Waals surface area contributed by atoms with Crippen LogP contribution in [-0.2, 0) is 9.47 Å². The summed E-state index contributed by atoms with van der Waals surface area (Å²) >= 11 is 0. The molecule has 200 valence electrons. The van der Waals surface area contributed by atoms with E-state index < -0.39 is 6.03 Å². The monoisotopic (exact) mass is 521 g/mol. The molecule has 12 heteroatoms. The van der Waals surface area contributed by atoms with Gasteiger partial charge in [-0.2, -0.15) is 15.0 Å². The molecule has 0 spiro atoms. The number of nitrogens with one attached hydrogen (secondary N) is 2. The number of rotatable bonds is 7. The number of nitrogens with zero attached hydrogens (tertiary/aromatic N) is 5. The maximum atomic E-state index is 12.6. The van der Waals surface area contributed by atoms with E-state index in [0.29, 0.717) is 67.0 Å². The predicted molar refractivity (Wildman–Crippen MR) is 144 cm³/mol. The Labute approximate surface area is 220 Å². The highest BCUT2D eigenvalue weighted by Crippen LogP contribution is 2.29. The van der Waals surface area contributed by atoms with Crippen molar-refractivity contribution < 1.29 is 23.7 Å². The van der Waals surface area contributed by atoms with E-state index in [9.17, 15) is 4.79 Å². The van der Waals surface area contributed by atoms with Gasteiger partial charge in [0.05, 0.1) is 46.3 Å². The Kier molecular flexibility index (Phi) is 8.00. The largest absolute Gasteiger partial charge is 0.497 e. The summed E-state index contributed by atoms with van der Waals surface area (Å²) < 4.78 is 21.5. The average Bonchev–Trinajstić information content (AvgIpc) is 2.98. The number of anilines is 4. The van der Waals surface area contributed by atoms with Gasteiger partial charge in [0.15, 0.2) is 5.82 Å². The molecular formula is C26H31N7O5. The van der Waals surface area contributed by atoms with Crippen molar-refractivity contribution in [3.05, 3.63) is 42.5 Å². The number of aromatic nitrogens is 3. The third-order valence-electron chi connectivity index (χ3n) is 6.26. The summed E-state index contributed by atoms with van der Waals surface area (Å²) in [5.74, 6) is 2.97. The zero-order chi connectivity index (χ0) is 26.3. The van der Waals surface area contributed by atoms with Crippen molar-refractivity contribution in [1.82, 2.24) is 15.0 Å². The zero-order valence-corrected chi connectivity index (χ0v) is 21.5. The molecule has 12 nitrogen and oxygen atoms in total. The molecule has 2 fully saturated rings. The first-order valence-corrected chi connectivity index (χ1v) is 12.4. The van der Waals surface area contributed by atoms with Crippen LogP contribution < -0.4 is 29.9 Å². The van der Waals surface area contributed by atoms with Gasteiger partial charge in [0.25, 0.3) is 0 Å². The van der Waals surface area contributed by atoms with Gasteiger partial charge >= 0.3 is 6.03 Å². The van der Waals surface area contributed by atoms with Gasteiger partial charge in [0, 0.05) is 43.5 Å². The summed E-state index contributed by atoms with van der Waals surface area (Å²) in [6.45, 7) is 5.45. The van der Waals surface area contributed by atoms with Gasteiger partial charge in [-0.25, -0.2) is 4.79 Å². The van der Waals surface area contributed by atoms with Gasteiger partial charge in [-0.3, -0.25) is 0 Å². The fraction of sp³-hybridized carbons (Fsp3) is 0.385. The number of hydrogen-bond acceptors (Lipinski definition) is 10. The maximum Gasteiger partial charge on any atom is 0.323 e. The van der Waals surface area contributed by atoms with Crippen molar-refractivity contribution in [1.29, 1.82) is 0 Å². The highest BCUT2D eigenvalue weighted by molar-refractivity contribution is 6.00. The van der Waals surface area contributed by atoms with Crippen LogP contribution in [0, 0.1) is 0 Å². The molecule has 0 radical (unpaired) electrons. The third kappa shape index (κ3) is 6.03. The lowest BCUT2D eigenvalue weighted by Gasteiger charge is -2.30. The van der Waals surface area contributed by atoms with Crippen LogP contribution in [0.5, 0.6) is 11.5 Å². The number of urea groups is 1. The predicted octanol–water partition coefficient (Wildman–Crippen LogP) is 2.87. The fourth-order valence-corrected chi connectivity index (χ4v) is 4.18. The van der Waals surface area contributed by atoms with Gasteiger partial charge in [-0.1, -0.05) is 0 Å². The van der Waals surface area contributed by atoms with Crippen molar-refractivity contribution >= 4 is 29.3 Å². The van der Waals surface area contributed by atoms with Crippen molar-refractivity contribution in [2.45, 2.75) is 0 Å². The van der Waals surface area contributed by atoms with Gasteiger partial charge in [-0.15, -0.1) is 0 Å². The quantitative estimate of drug-likeness (QED) is 0.480. The first kappa shape index (κ1) is 25.5. The van der Waals surface area contributed by atoms with Crippen molar-refractivity contribution in [2.75, 3.05) is 87.3 Å². The molecular weight excluding hydrogens is 490 g/mol. The van der Waals surface area contributed by atoms with E-state index >= 15 is 0 Å². The van der Waals surface area contributed by atoms with Crippen molar-refractivity contribution in [2.24, 2.45) is 0 Å². The number of carbonyl (C=O) groups excluding carboxylic acids is 1. The summed E-state index contributed by atoms with van der Waals surface area (Å²) in [7, 11) is 3.11. The topological polar surface area (TPSA) is 123 Å². The first-order valence-electron chi connectivity index (χ1n) is 12.4. The summed E-state index contributed by atoms with van der Waals surface area (Å²) in [6.07, 6.45) is 0. The van der Waals surface area contributed by atoms with E-state index in [-0.39, 0.29) is 0 Å². The van der Waals surface area contributed by atoms with E-state index in [4.69, 9.17) is 33.9 Å². The number of morpholine rings is 2. The second-order valence-electron chi connectivity index (χ2n) is 8.68. The second-order valence-corrected chi connectivity index (χ2v) is 8.68. The van der Waals surface area contributed by atoms with Crippen LogP contribution in [0.3, 0.4) is 0 Å². The van der Waals surface area contributed by atoms with Gasteiger partial charge < -0.3 is 39.4 Å². The van der Waals surface area contributed by atoms with Crippen LogP contribution in [0.25, 0.3) is 11.4 Å². The van der Waals surface area contributed by atoms with Crippen LogP contribution in [-0.4, -0.2) is 87.8 Å². The summed E-state index contributed by atoms with van der Waals surface area (Å²) in [4.78, 5) is 31.2. The highest BCUT2D eigenvalue weighted by Gasteiger charge is 2.21. The molecule has 0 aliphatic carbocycles. The first-order chi connectivity index (χ1) is 18.6.